The lowest BCUT2D eigenvalue weighted by Crippen LogP contribution is -2.23. The topological polar surface area (TPSA) is 4.93 Å². The Labute approximate surface area is 387 Å². The number of rotatable bonds is 5. The Morgan fingerprint density at radius 2 is 1.17 bits per heavy atom. The summed E-state index contributed by atoms with van der Waals surface area (Å²) in [4.78, 5) is 0. The van der Waals surface area contributed by atoms with Crippen LogP contribution < -0.4 is 0 Å². The predicted molar refractivity (Wildman–Crippen MR) is 283 cm³/mol. The molecule has 66 heavy (non-hydrogen) atoms. The standard InChI is InChI=1S/C64H43NS/c1-3-19-40(20-4-1)59-44-24-7-13-30-50(44)62(51-31-14-8-25-45(51)59)53-33-17-34-54-63-52(32-18-36-58(63)66-64(53)54)61-48-28-11-9-26-46(48)60(47-27-10-12-29-49(47)61)41-37-38-57-55(39-41)43-23-15-16-35-56(43)65(57)42-21-5-2-6-22-42/h1-3,5-19,21-39,44,59H,4,20H2. The van der Waals surface area contributed by atoms with Gasteiger partial charge in [-0.1, -0.05) is 194 Å². The van der Waals surface area contributed by atoms with E-state index in [0.29, 0.717) is 5.92 Å². The van der Waals surface area contributed by atoms with Crippen LogP contribution in [0.3, 0.4) is 0 Å². The van der Waals surface area contributed by atoms with E-state index >= 15 is 0 Å². The van der Waals surface area contributed by atoms with Gasteiger partial charge < -0.3 is 4.57 Å². The van der Waals surface area contributed by atoms with E-state index in [0.717, 1.165) is 12.8 Å². The molecule has 9 aromatic carbocycles. The molecule has 1 nitrogen and oxygen atoms in total. The van der Waals surface area contributed by atoms with Gasteiger partial charge in [0.15, 0.2) is 0 Å². The molecule has 0 radical (unpaired) electrons. The van der Waals surface area contributed by atoms with E-state index in [1.807, 2.05) is 11.3 Å². The molecule has 2 atom stereocenters. The molecule has 0 bridgehead atoms. The highest BCUT2D eigenvalue weighted by Crippen LogP contribution is 2.54. The summed E-state index contributed by atoms with van der Waals surface area (Å²) in [5.74, 6) is 0.623. The minimum atomic E-state index is 0.289. The Morgan fingerprint density at radius 3 is 1.97 bits per heavy atom. The summed E-state index contributed by atoms with van der Waals surface area (Å²) in [7, 11) is 0. The lowest BCUT2D eigenvalue weighted by molar-refractivity contribution is 0.612. The zero-order valence-corrected chi connectivity index (χ0v) is 37.1. The third-order valence-corrected chi connectivity index (χ3v) is 15.9. The minimum Gasteiger partial charge on any atom is -0.309 e. The van der Waals surface area contributed by atoms with E-state index in [2.05, 4.69) is 229 Å². The van der Waals surface area contributed by atoms with Gasteiger partial charge in [0.05, 0.1) is 11.0 Å². The quantitative estimate of drug-likeness (QED) is 0.152. The van der Waals surface area contributed by atoms with Crippen molar-refractivity contribution >= 4 is 80.4 Å². The average Bonchev–Trinajstić information content (AvgIpc) is 3.94. The van der Waals surface area contributed by atoms with E-state index in [9.17, 15) is 0 Å². The van der Waals surface area contributed by atoms with Crippen molar-refractivity contribution < 1.29 is 0 Å². The normalized spacial score (nSPS) is 16.8. The van der Waals surface area contributed by atoms with Gasteiger partial charge in [-0.3, -0.25) is 0 Å². The molecule has 2 unspecified atom stereocenters. The van der Waals surface area contributed by atoms with Crippen LogP contribution in [0.15, 0.2) is 236 Å². The van der Waals surface area contributed by atoms with Crippen molar-refractivity contribution in [2.24, 2.45) is 5.92 Å². The van der Waals surface area contributed by atoms with Gasteiger partial charge in [0.25, 0.3) is 0 Å². The molecule has 0 aliphatic heterocycles. The van der Waals surface area contributed by atoms with Gasteiger partial charge in [-0.15, -0.1) is 11.3 Å². The number of nitrogens with zero attached hydrogens (tertiary/aromatic N) is 1. The highest BCUT2D eigenvalue weighted by molar-refractivity contribution is 7.26. The Kier molecular flexibility index (Phi) is 8.48. The first-order chi connectivity index (χ1) is 32.8. The molecule has 11 aromatic rings. The Hall–Kier alpha value is -7.78. The van der Waals surface area contributed by atoms with Crippen LogP contribution in [0.25, 0.3) is 97.0 Å². The van der Waals surface area contributed by atoms with Gasteiger partial charge in [-0.25, -0.2) is 0 Å². The van der Waals surface area contributed by atoms with Gasteiger partial charge in [0.2, 0.25) is 0 Å². The average molecular weight is 858 g/mol. The van der Waals surface area contributed by atoms with Crippen molar-refractivity contribution in [3.8, 4) is 27.9 Å². The van der Waals surface area contributed by atoms with Crippen LogP contribution in [0.1, 0.15) is 35.4 Å². The number of hydrogen-bond acceptors (Lipinski definition) is 1. The van der Waals surface area contributed by atoms with Gasteiger partial charge in [-0.05, 0) is 115 Å². The number of fused-ring (bicyclic) bond motifs is 10. The molecule has 14 rings (SSSR count). The molecule has 0 saturated carbocycles. The second-order valence-electron chi connectivity index (χ2n) is 18.1. The summed E-state index contributed by atoms with van der Waals surface area (Å²) < 4.78 is 5.07. The molecular weight excluding hydrogens is 815 g/mol. The van der Waals surface area contributed by atoms with Crippen LogP contribution in [0.5, 0.6) is 0 Å². The SMILES string of the molecule is C1=CCCC(C2c3ccccc3C(c3cccc4c3sc3cccc(-c5c6ccccc6c(-c6ccc7c(c6)c6ccccc6n7-c6ccccc6)c6ccccc56)c34)=C3C=CC=CC32)=C1. The number of para-hydroxylation sites is 2. The first-order valence-electron chi connectivity index (χ1n) is 23.3. The molecule has 2 aromatic heterocycles. The Balaban J connectivity index is 0.996. The molecule has 0 spiro atoms. The lowest BCUT2D eigenvalue weighted by Gasteiger charge is -2.38. The van der Waals surface area contributed by atoms with Crippen molar-refractivity contribution in [2.45, 2.75) is 18.8 Å². The van der Waals surface area contributed by atoms with Crippen molar-refractivity contribution in [3.05, 3.63) is 252 Å². The van der Waals surface area contributed by atoms with Gasteiger partial charge >= 0.3 is 0 Å². The van der Waals surface area contributed by atoms with E-state index in [1.165, 1.54) is 125 Å². The second-order valence-corrected chi connectivity index (χ2v) is 19.1. The van der Waals surface area contributed by atoms with Crippen molar-refractivity contribution in [2.75, 3.05) is 0 Å². The van der Waals surface area contributed by atoms with Gasteiger partial charge in [0.1, 0.15) is 0 Å². The highest BCUT2D eigenvalue weighted by atomic mass is 32.1. The molecule has 2 heteroatoms. The third kappa shape index (κ3) is 5.52. The maximum Gasteiger partial charge on any atom is 0.0541 e. The van der Waals surface area contributed by atoms with Crippen LogP contribution >= 0.6 is 11.3 Å². The Bertz CT molecular complexity index is 3940. The highest BCUT2D eigenvalue weighted by Gasteiger charge is 2.37. The first-order valence-corrected chi connectivity index (χ1v) is 24.1. The summed E-state index contributed by atoms with van der Waals surface area (Å²) in [6.45, 7) is 0. The van der Waals surface area contributed by atoms with Crippen LogP contribution in [-0.2, 0) is 0 Å². The van der Waals surface area contributed by atoms with E-state index in [1.54, 1.807) is 0 Å². The van der Waals surface area contributed by atoms with Crippen molar-refractivity contribution in [1.82, 2.24) is 4.57 Å². The zero-order chi connectivity index (χ0) is 43.3. The fourth-order valence-electron chi connectivity index (χ4n) is 12.0. The molecule has 3 aliphatic carbocycles. The maximum absolute atomic E-state index is 2.46. The monoisotopic (exact) mass is 857 g/mol. The van der Waals surface area contributed by atoms with Crippen molar-refractivity contribution in [1.29, 1.82) is 0 Å². The smallest absolute Gasteiger partial charge is 0.0541 e. The summed E-state index contributed by atoms with van der Waals surface area (Å²) in [5.41, 5.74) is 17.2. The van der Waals surface area contributed by atoms with Crippen LogP contribution in [-0.4, -0.2) is 4.57 Å². The number of benzene rings is 9. The van der Waals surface area contributed by atoms with E-state index in [4.69, 9.17) is 0 Å². The van der Waals surface area contributed by atoms with Crippen LogP contribution in [0.4, 0.5) is 0 Å². The predicted octanol–water partition coefficient (Wildman–Crippen LogP) is 17.7. The largest absolute Gasteiger partial charge is 0.309 e. The molecule has 310 valence electrons. The van der Waals surface area contributed by atoms with Crippen LogP contribution in [0.2, 0.25) is 0 Å². The summed E-state index contributed by atoms with van der Waals surface area (Å²) >= 11 is 1.95. The fourth-order valence-corrected chi connectivity index (χ4v) is 13.3. The van der Waals surface area contributed by atoms with Crippen molar-refractivity contribution in [3.63, 3.8) is 0 Å². The molecule has 3 aliphatic rings. The number of aromatic nitrogens is 1. The first kappa shape index (κ1) is 37.6. The van der Waals surface area contributed by atoms with Crippen LogP contribution in [0, 0.1) is 5.92 Å². The molecule has 2 heterocycles. The number of hydrogen-bond donors (Lipinski definition) is 0. The molecule has 0 saturated heterocycles. The minimum absolute atomic E-state index is 0.289. The van der Waals surface area contributed by atoms with E-state index < -0.39 is 0 Å². The number of allylic oxidation sites excluding steroid dienone is 9. The molecule has 0 fully saturated rings. The summed E-state index contributed by atoms with van der Waals surface area (Å²) in [6.07, 6.45) is 18.6. The van der Waals surface area contributed by atoms with E-state index in [-0.39, 0.29) is 5.92 Å². The Morgan fingerprint density at radius 1 is 0.500 bits per heavy atom. The number of thiophene rings is 1. The lowest BCUT2D eigenvalue weighted by atomic mass is 9.65. The maximum atomic E-state index is 2.46. The fraction of sp³-hybridized carbons (Fsp3) is 0.0625. The second kappa shape index (κ2) is 14.9. The zero-order valence-electron chi connectivity index (χ0n) is 36.3. The van der Waals surface area contributed by atoms with Gasteiger partial charge in [0, 0.05) is 54.0 Å². The molecule has 0 amide bonds. The molecule has 0 N–H and O–H groups in total. The van der Waals surface area contributed by atoms with Gasteiger partial charge in [-0.2, -0.15) is 0 Å². The summed E-state index contributed by atoms with van der Waals surface area (Å²) in [6, 6.07) is 68.2. The molecular formula is C64H43NS. The third-order valence-electron chi connectivity index (χ3n) is 14.7. The summed E-state index contributed by atoms with van der Waals surface area (Å²) in [5, 5.41) is 10.2.